The topological polar surface area (TPSA) is 22.1 Å². The van der Waals surface area contributed by atoms with Gasteiger partial charge in [-0.05, 0) is 30.7 Å². The summed E-state index contributed by atoms with van der Waals surface area (Å²) in [7, 11) is 0. The molecule has 0 spiro atoms. The highest BCUT2D eigenvalue weighted by Crippen LogP contribution is 2.20. The molecule has 1 aromatic carbocycles. The molecule has 0 N–H and O–H groups in total. The van der Waals surface area contributed by atoms with E-state index in [4.69, 9.17) is 4.74 Å². The molecule has 0 amide bonds. The fraction of sp³-hybridized carbons (Fsp3) is 0.308. The fourth-order valence-corrected chi connectivity index (χ4v) is 1.59. The third-order valence-corrected chi connectivity index (χ3v) is 2.43. The van der Waals surface area contributed by atoms with Crippen molar-refractivity contribution in [2.24, 2.45) is 0 Å². The maximum Gasteiger partial charge on any atom is 0.123 e. The quantitative estimate of drug-likeness (QED) is 0.788. The number of fused-ring (bicyclic) bond motifs is 1. The molecule has 2 aromatic rings. The molecule has 2 nitrogen and oxygen atoms in total. The van der Waals surface area contributed by atoms with Gasteiger partial charge < -0.3 is 4.74 Å². The van der Waals surface area contributed by atoms with Crippen LogP contribution in [0.15, 0.2) is 30.3 Å². The summed E-state index contributed by atoms with van der Waals surface area (Å²) in [5.41, 5.74) is 2.02. The number of hydrogen-bond acceptors (Lipinski definition) is 2. The molecule has 16 heavy (non-hydrogen) atoms. The predicted octanol–water partition coefficient (Wildman–Crippen LogP) is 3.15. The summed E-state index contributed by atoms with van der Waals surface area (Å²) >= 11 is 0. The van der Waals surface area contributed by atoms with E-state index in [9.17, 15) is 4.39 Å². The molecule has 0 atom stereocenters. The molecule has 1 heterocycles. The van der Waals surface area contributed by atoms with Crippen molar-refractivity contribution in [2.45, 2.75) is 13.3 Å². The Bertz CT molecular complexity index is 484. The van der Waals surface area contributed by atoms with Crippen LogP contribution in [-0.2, 0) is 6.42 Å². The molecule has 0 bridgehead atoms. The Labute approximate surface area is 94.1 Å². The van der Waals surface area contributed by atoms with Crippen LogP contribution in [0.3, 0.4) is 0 Å². The second kappa shape index (κ2) is 4.92. The molecule has 1 aromatic heterocycles. The minimum atomic E-state index is -0.467. The van der Waals surface area contributed by atoms with Gasteiger partial charge in [0.05, 0.1) is 5.52 Å². The first-order chi connectivity index (χ1) is 7.83. The summed E-state index contributed by atoms with van der Waals surface area (Å²) in [6.45, 7) is 1.71. The van der Waals surface area contributed by atoms with Crippen LogP contribution in [0.2, 0.25) is 0 Å². The predicted molar refractivity (Wildman–Crippen MR) is 62.6 cm³/mol. The van der Waals surface area contributed by atoms with Gasteiger partial charge in [-0.3, -0.25) is 4.98 Å². The Morgan fingerprint density at radius 1 is 1.25 bits per heavy atom. The first-order valence-electron chi connectivity index (χ1n) is 5.42. The van der Waals surface area contributed by atoms with E-state index in [1.807, 2.05) is 30.3 Å². The van der Waals surface area contributed by atoms with E-state index >= 15 is 0 Å². The van der Waals surface area contributed by atoms with Gasteiger partial charge in [-0.25, -0.2) is 4.39 Å². The fourth-order valence-electron chi connectivity index (χ4n) is 1.59. The van der Waals surface area contributed by atoms with Gasteiger partial charge in [-0.2, -0.15) is 0 Å². The van der Waals surface area contributed by atoms with Gasteiger partial charge in [-0.15, -0.1) is 0 Å². The van der Waals surface area contributed by atoms with Gasteiger partial charge >= 0.3 is 0 Å². The van der Waals surface area contributed by atoms with Gasteiger partial charge in [0.1, 0.15) is 19.0 Å². The van der Waals surface area contributed by atoms with E-state index in [0.717, 1.165) is 23.0 Å². The van der Waals surface area contributed by atoms with E-state index in [0.29, 0.717) is 5.75 Å². The highest BCUT2D eigenvalue weighted by Gasteiger charge is 1.99. The van der Waals surface area contributed by atoms with Crippen LogP contribution in [0, 0.1) is 0 Å². The number of rotatable bonds is 4. The lowest BCUT2D eigenvalue weighted by Gasteiger charge is -2.05. The average molecular weight is 219 g/mol. The number of hydrogen-bond donors (Lipinski definition) is 0. The Balaban J connectivity index is 2.32. The molecule has 0 unspecified atom stereocenters. The maximum atomic E-state index is 12.0. The first-order valence-corrected chi connectivity index (χ1v) is 5.42. The minimum Gasteiger partial charge on any atom is -0.491 e. The molecule has 0 aliphatic carbocycles. The standard InChI is InChI=1S/C13H14FNO/c1-2-11-4-3-10-9-12(16-8-7-14)5-6-13(10)15-11/h3-6,9H,2,7-8H2,1H3. The third-order valence-electron chi connectivity index (χ3n) is 2.43. The summed E-state index contributed by atoms with van der Waals surface area (Å²) in [6.07, 6.45) is 0.927. The van der Waals surface area contributed by atoms with Crippen molar-refractivity contribution < 1.29 is 9.13 Å². The molecular weight excluding hydrogens is 205 g/mol. The van der Waals surface area contributed by atoms with Crippen molar-refractivity contribution in [1.82, 2.24) is 4.98 Å². The summed E-state index contributed by atoms with van der Waals surface area (Å²) in [4.78, 5) is 4.49. The summed E-state index contributed by atoms with van der Waals surface area (Å²) in [6, 6.07) is 9.63. The van der Waals surface area contributed by atoms with E-state index in [-0.39, 0.29) is 6.61 Å². The summed E-state index contributed by atoms with van der Waals surface area (Å²) in [5.74, 6) is 0.691. The van der Waals surface area contributed by atoms with Crippen LogP contribution in [-0.4, -0.2) is 18.3 Å². The van der Waals surface area contributed by atoms with E-state index < -0.39 is 6.67 Å². The summed E-state index contributed by atoms with van der Waals surface area (Å²) < 4.78 is 17.2. The Hall–Kier alpha value is -1.64. The average Bonchev–Trinajstić information content (AvgIpc) is 2.35. The minimum absolute atomic E-state index is 0.103. The lowest BCUT2D eigenvalue weighted by molar-refractivity contribution is 0.273. The SMILES string of the molecule is CCc1ccc2cc(OCCF)ccc2n1. The summed E-state index contributed by atoms with van der Waals surface area (Å²) in [5, 5.41) is 1.02. The zero-order valence-corrected chi connectivity index (χ0v) is 9.24. The van der Waals surface area contributed by atoms with Crippen molar-refractivity contribution in [3.05, 3.63) is 36.0 Å². The van der Waals surface area contributed by atoms with Crippen molar-refractivity contribution >= 4 is 10.9 Å². The number of alkyl halides is 1. The van der Waals surface area contributed by atoms with Gasteiger partial charge in [-0.1, -0.05) is 13.0 Å². The Morgan fingerprint density at radius 2 is 2.12 bits per heavy atom. The number of benzene rings is 1. The Morgan fingerprint density at radius 3 is 2.88 bits per heavy atom. The number of ether oxygens (including phenoxy) is 1. The van der Waals surface area contributed by atoms with Crippen molar-refractivity contribution in [3.63, 3.8) is 0 Å². The molecule has 0 radical (unpaired) electrons. The zero-order valence-electron chi connectivity index (χ0n) is 9.24. The number of halogens is 1. The molecule has 0 aliphatic heterocycles. The normalized spacial score (nSPS) is 10.6. The van der Waals surface area contributed by atoms with Crippen LogP contribution in [0.25, 0.3) is 10.9 Å². The van der Waals surface area contributed by atoms with Crippen molar-refractivity contribution in [3.8, 4) is 5.75 Å². The highest BCUT2D eigenvalue weighted by molar-refractivity contribution is 5.80. The number of nitrogens with zero attached hydrogens (tertiary/aromatic N) is 1. The van der Waals surface area contributed by atoms with Gasteiger partial charge in [0.15, 0.2) is 0 Å². The Kier molecular flexibility index (Phi) is 3.34. The van der Waals surface area contributed by atoms with E-state index in [1.165, 1.54) is 0 Å². The molecule has 2 rings (SSSR count). The molecule has 0 saturated heterocycles. The maximum absolute atomic E-state index is 12.0. The monoisotopic (exact) mass is 219 g/mol. The first kappa shape index (κ1) is 10.9. The third kappa shape index (κ3) is 2.30. The number of aryl methyl sites for hydroxylation is 1. The molecular formula is C13H14FNO. The molecule has 0 fully saturated rings. The molecule has 84 valence electrons. The van der Waals surface area contributed by atoms with Gasteiger partial charge in [0.25, 0.3) is 0 Å². The second-order valence-electron chi connectivity index (χ2n) is 3.55. The van der Waals surface area contributed by atoms with Crippen LogP contribution >= 0.6 is 0 Å². The van der Waals surface area contributed by atoms with E-state index in [2.05, 4.69) is 11.9 Å². The molecule has 0 aliphatic rings. The number of pyridine rings is 1. The van der Waals surface area contributed by atoms with Gasteiger partial charge in [0, 0.05) is 11.1 Å². The van der Waals surface area contributed by atoms with Crippen LogP contribution < -0.4 is 4.74 Å². The largest absolute Gasteiger partial charge is 0.491 e. The highest BCUT2D eigenvalue weighted by atomic mass is 19.1. The lowest BCUT2D eigenvalue weighted by Crippen LogP contribution is -1.98. The van der Waals surface area contributed by atoms with Crippen molar-refractivity contribution in [1.29, 1.82) is 0 Å². The molecule has 0 saturated carbocycles. The molecule has 3 heteroatoms. The second-order valence-corrected chi connectivity index (χ2v) is 3.55. The zero-order chi connectivity index (χ0) is 11.4. The van der Waals surface area contributed by atoms with Crippen LogP contribution in [0.5, 0.6) is 5.75 Å². The number of aromatic nitrogens is 1. The van der Waals surface area contributed by atoms with Crippen molar-refractivity contribution in [2.75, 3.05) is 13.3 Å². The lowest BCUT2D eigenvalue weighted by atomic mass is 10.2. The smallest absolute Gasteiger partial charge is 0.123 e. The van der Waals surface area contributed by atoms with E-state index in [1.54, 1.807) is 0 Å². The van der Waals surface area contributed by atoms with Crippen LogP contribution in [0.4, 0.5) is 4.39 Å². The van der Waals surface area contributed by atoms with Crippen LogP contribution in [0.1, 0.15) is 12.6 Å². The van der Waals surface area contributed by atoms with Gasteiger partial charge in [0.2, 0.25) is 0 Å².